The molecule has 1 saturated carbocycles. The van der Waals surface area contributed by atoms with Crippen molar-refractivity contribution in [1.29, 1.82) is 0 Å². The van der Waals surface area contributed by atoms with Crippen LogP contribution in [-0.2, 0) is 6.42 Å². The van der Waals surface area contributed by atoms with E-state index in [0.29, 0.717) is 5.92 Å². The Kier molecular flexibility index (Phi) is 8.35. The predicted octanol–water partition coefficient (Wildman–Crippen LogP) is 7.10. The quantitative estimate of drug-likeness (QED) is 0.346. The van der Waals surface area contributed by atoms with Gasteiger partial charge in [-0.25, -0.2) is 0 Å². The number of benzene rings is 2. The number of piperidine rings is 1. The molecule has 1 aliphatic carbocycles. The van der Waals surface area contributed by atoms with Crippen molar-refractivity contribution in [3.8, 4) is 22.8 Å². The molecule has 5 heteroatoms. The molecule has 0 bridgehead atoms. The zero-order valence-electron chi connectivity index (χ0n) is 24.3. The van der Waals surface area contributed by atoms with Crippen molar-refractivity contribution in [3.05, 3.63) is 47.5 Å². The Bertz CT molecular complexity index is 1210. The first-order chi connectivity index (χ1) is 18.4. The van der Waals surface area contributed by atoms with Gasteiger partial charge in [0, 0.05) is 28.6 Å². The molecule has 5 nitrogen and oxygen atoms in total. The minimum Gasteiger partial charge on any atom is -0.493 e. The van der Waals surface area contributed by atoms with Crippen LogP contribution in [0.2, 0.25) is 0 Å². The second-order valence-electron chi connectivity index (χ2n) is 12.1. The van der Waals surface area contributed by atoms with E-state index in [-0.39, 0.29) is 0 Å². The number of hydrogen-bond donors (Lipinski definition) is 1. The summed E-state index contributed by atoms with van der Waals surface area (Å²) in [6.07, 6.45) is 9.30. The van der Waals surface area contributed by atoms with E-state index in [1.807, 2.05) is 6.07 Å². The highest BCUT2D eigenvalue weighted by Crippen LogP contribution is 2.40. The number of fused-ring (bicyclic) bond motifs is 1. The Morgan fingerprint density at radius 2 is 1.61 bits per heavy atom. The van der Waals surface area contributed by atoms with Crippen LogP contribution in [0.15, 0.2) is 36.4 Å². The summed E-state index contributed by atoms with van der Waals surface area (Å²) in [5.41, 5.74) is 6.40. The molecule has 206 valence electrons. The highest BCUT2D eigenvalue weighted by Gasteiger charge is 2.29. The topological polar surface area (TPSA) is 40.7 Å². The smallest absolute Gasteiger partial charge is 0.161 e. The lowest BCUT2D eigenvalue weighted by Crippen LogP contribution is -2.47. The Morgan fingerprint density at radius 1 is 0.895 bits per heavy atom. The number of H-pyrrole nitrogens is 1. The van der Waals surface area contributed by atoms with Crippen LogP contribution in [0.25, 0.3) is 22.2 Å². The molecule has 0 radical (unpaired) electrons. The number of ether oxygens (including phenoxy) is 2. The van der Waals surface area contributed by atoms with Gasteiger partial charge in [0.05, 0.1) is 19.9 Å². The van der Waals surface area contributed by atoms with Crippen LogP contribution in [-0.4, -0.2) is 68.3 Å². The molecule has 2 aromatic carbocycles. The maximum atomic E-state index is 5.59. The number of methoxy groups -OCH3 is 2. The van der Waals surface area contributed by atoms with Crippen LogP contribution in [0.1, 0.15) is 69.4 Å². The summed E-state index contributed by atoms with van der Waals surface area (Å²) in [7, 11) is 7.85. The van der Waals surface area contributed by atoms with Gasteiger partial charge < -0.3 is 24.3 Å². The molecule has 3 aromatic rings. The van der Waals surface area contributed by atoms with Gasteiger partial charge in [0.2, 0.25) is 0 Å². The molecule has 0 atom stereocenters. The van der Waals surface area contributed by atoms with E-state index in [1.54, 1.807) is 14.2 Å². The van der Waals surface area contributed by atoms with Gasteiger partial charge in [-0.05, 0) is 125 Å². The number of nitrogens with zero attached hydrogens (tertiary/aromatic N) is 2. The number of likely N-dealkylation sites (tertiary alicyclic amines) is 1. The Balaban J connectivity index is 1.29. The van der Waals surface area contributed by atoms with Gasteiger partial charge in [-0.2, -0.15) is 0 Å². The molecule has 2 fully saturated rings. The van der Waals surface area contributed by atoms with E-state index in [0.717, 1.165) is 35.1 Å². The first kappa shape index (κ1) is 27.1. The average Bonchev–Trinajstić information content (AvgIpc) is 3.32. The summed E-state index contributed by atoms with van der Waals surface area (Å²) in [5, 5.41) is 1.36. The molecule has 0 amide bonds. The third-order valence-electron chi connectivity index (χ3n) is 9.24. The largest absolute Gasteiger partial charge is 0.493 e. The first-order valence-corrected chi connectivity index (χ1v) is 14.6. The van der Waals surface area contributed by atoms with Crippen LogP contribution in [0.5, 0.6) is 11.5 Å². The fourth-order valence-electron chi connectivity index (χ4n) is 7.02. The maximum Gasteiger partial charge on any atom is 0.161 e. The molecule has 0 unspecified atom stereocenters. The molecule has 1 saturated heterocycles. The molecule has 1 aliphatic heterocycles. The van der Waals surface area contributed by atoms with E-state index in [9.17, 15) is 0 Å². The number of aromatic amines is 1. The van der Waals surface area contributed by atoms with Crippen LogP contribution >= 0.6 is 0 Å². The standard InChI is InChI=1S/C33H47N3O2/c1-22(2)32-28-20-24(9-13-29(28)34-33(32)25-10-14-30(37-5)31(21-25)38-6)19-23-7-11-27(12-8-23)36-17-15-26(16-18-36)35(3)4/h9-10,13-14,20-23,26-27,34H,7-8,11-12,15-19H2,1-6H3. The monoisotopic (exact) mass is 517 g/mol. The Morgan fingerprint density at radius 3 is 2.24 bits per heavy atom. The van der Waals surface area contributed by atoms with Crippen molar-refractivity contribution in [1.82, 2.24) is 14.8 Å². The molecular weight excluding hydrogens is 470 g/mol. The summed E-state index contributed by atoms with van der Waals surface area (Å²) in [6.45, 7) is 7.15. The highest BCUT2D eigenvalue weighted by molar-refractivity contribution is 5.92. The second kappa shape index (κ2) is 11.7. The van der Waals surface area contributed by atoms with E-state index in [2.05, 4.69) is 73.1 Å². The van der Waals surface area contributed by atoms with Gasteiger partial charge in [0.15, 0.2) is 11.5 Å². The molecule has 38 heavy (non-hydrogen) atoms. The Labute approximate surface area is 229 Å². The van der Waals surface area contributed by atoms with Gasteiger partial charge in [-0.1, -0.05) is 19.9 Å². The van der Waals surface area contributed by atoms with Gasteiger partial charge >= 0.3 is 0 Å². The van der Waals surface area contributed by atoms with Crippen LogP contribution in [0.3, 0.4) is 0 Å². The zero-order chi connectivity index (χ0) is 26.8. The molecule has 2 aliphatic rings. The number of nitrogens with one attached hydrogen (secondary N) is 1. The van der Waals surface area contributed by atoms with Gasteiger partial charge in [-0.3, -0.25) is 0 Å². The summed E-state index contributed by atoms with van der Waals surface area (Å²) in [4.78, 5) is 8.94. The third kappa shape index (κ3) is 5.60. The number of hydrogen-bond acceptors (Lipinski definition) is 4. The molecule has 1 N–H and O–H groups in total. The molecule has 0 spiro atoms. The van der Waals surface area contributed by atoms with E-state index >= 15 is 0 Å². The van der Waals surface area contributed by atoms with Crippen molar-refractivity contribution in [2.24, 2.45) is 5.92 Å². The van der Waals surface area contributed by atoms with Crippen molar-refractivity contribution in [3.63, 3.8) is 0 Å². The SMILES string of the molecule is COc1ccc(-c2[nH]c3ccc(CC4CCC(N5CCC(N(C)C)CC5)CC4)cc3c2C(C)C)cc1OC. The first-order valence-electron chi connectivity index (χ1n) is 14.6. The molecular formula is C33H47N3O2. The van der Waals surface area contributed by atoms with Crippen LogP contribution < -0.4 is 9.47 Å². The Hall–Kier alpha value is -2.50. The number of aromatic nitrogens is 1. The van der Waals surface area contributed by atoms with Crippen molar-refractivity contribution < 1.29 is 9.47 Å². The lowest BCUT2D eigenvalue weighted by atomic mass is 9.81. The van der Waals surface area contributed by atoms with Crippen molar-refractivity contribution >= 4 is 10.9 Å². The number of rotatable bonds is 8. The summed E-state index contributed by atoms with van der Waals surface area (Å²) < 4.78 is 11.1. The average molecular weight is 518 g/mol. The molecule has 1 aromatic heterocycles. The van der Waals surface area contributed by atoms with E-state index < -0.39 is 0 Å². The fraction of sp³-hybridized carbons (Fsp3) is 0.576. The lowest BCUT2D eigenvalue weighted by Gasteiger charge is -2.42. The fourth-order valence-corrected chi connectivity index (χ4v) is 7.02. The lowest BCUT2D eigenvalue weighted by molar-refractivity contribution is 0.0803. The summed E-state index contributed by atoms with van der Waals surface area (Å²) in [5.74, 6) is 2.73. The molecule has 2 heterocycles. The van der Waals surface area contributed by atoms with Crippen LogP contribution in [0.4, 0.5) is 0 Å². The van der Waals surface area contributed by atoms with Crippen molar-refractivity contribution in [2.75, 3.05) is 41.4 Å². The maximum absolute atomic E-state index is 5.59. The normalized spacial score (nSPS) is 21.5. The minimum atomic E-state index is 0.411. The highest BCUT2D eigenvalue weighted by atomic mass is 16.5. The second-order valence-corrected chi connectivity index (χ2v) is 12.1. The predicted molar refractivity (Wildman–Crippen MR) is 159 cm³/mol. The van der Waals surface area contributed by atoms with E-state index in [4.69, 9.17) is 9.47 Å². The minimum absolute atomic E-state index is 0.411. The third-order valence-corrected chi connectivity index (χ3v) is 9.24. The van der Waals surface area contributed by atoms with Gasteiger partial charge in [0.25, 0.3) is 0 Å². The molecule has 5 rings (SSSR count). The summed E-state index contributed by atoms with van der Waals surface area (Å²) in [6, 6.07) is 14.9. The van der Waals surface area contributed by atoms with Crippen LogP contribution in [0, 0.1) is 5.92 Å². The summed E-state index contributed by atoms with van der Waals surface area (Å²) >= 11 is 0. The van der Waals surface area contributed by atoms with Gasteiger partial charge in [0.1, 0.15) is 0 Å². The zero-order valence-corrected chi connectivity index (χ0v) is 24.3. The van der Waals surface area contributed by atoms with Crippen molar-refractivity contribution in [2.45, 2.75) is 76.8 Å². The van der Waals surface area contributed by atoms with E-state index in [1.165, 1.54) is 85.8 Å². The van der Waals surface area contributed by atoms with Gasteiger partial charge in [-0.15, -0.1) is 0 Å².